The van der Waals surface area contributed by atoms with Crippen molar-refractivity contribution in [3.63, 3.8) is 0 Å². The van der Waals surface area contributed by atoms with E-state index in [1.165, 1.54) is 0 Å². The van der Waals surface area contributed by atoms with Crippen LogP contribution in [0.5, 0.6) is 0 Å². The molecule has 60 valence electrons. The monoisotopic (exact) mass is 359 g/mol. The van der Waals surface area contributed by atoms with Crippen LogP contribution in [0.3, 0.4) is 0 Å². The molecule has 0 amide bonds. The maximum absolute atomic E-state index is 8.52. The van der Waals surface area contributed by atoms with E-state index in [0.717, 1.165) is 8.70 Å². The van der Waals surface area contributed by atoms with Crippen molar-refractivity contribution < 1.29 is 0 Å². The van der Waals surface area contributed by atoms with Crippen molar-refractivity contribution in [3.8, 4) is 6.07 Å². The number of nitrogens with zero attached hydrogens (tertiary/aromatic N) is 1. The van der Waals surface area contributed by atoms with Gasteiger partial charge in [0.1, 0.15) is 0 Å². The predicted molar refractivity (Wildman–Crippen MR) is 54.9 cm³/mol. The second kappa shape index (κ2) is 5.71. The summed E-state index contributed by atoms with van der Waals surface area (Å²) in [5, 5.41) is 8.52. The van der Waals surface area contributed by atoms with Crippen LogP contribution in [0, 0.1) is 11.3 Å². The molecule has 0 radical (unpaired) electrons. The molecule has 0 aliphatic carbocycles. The van der Waals surface area contributed by atoms with Crippen LogP contribution in [0.15, 0.2) is 45.6 Å². The molecule has 13 heavy (non-hydrogen) atoms. The average Bonchev–Trinajstić information content (AvgIpc) is 2.19. The van der Waals surface area contributed by atoms with Crippen LogP contribution in [-0.4, -0.2) is 25.8 Å². The van der Waals surface area contributed by atoms with Crippen molar-refractivity contribution in [3.05, 3.63) is 51.2 Å². The van der Waals surface area contributed by atoms with Crippen LogP contribution in [0.25, 0.3) is 6.08 Å². The Morgan fingerprint density at radius 3 is 2.62 bits per heavy atom. The van der Waals surface area contributed by atoms with E-state index < -0.39 is 0 Å². The molecule has 1 nitrogen and oxygen atoms in total. The topological polar surface area (TPSA) is 23.8 Å². The van der Waals surface area contributed by atoms with Gasteiger partial charge in [-0.15, -0.1) is 0 Å². The summed E-state index contributed by atoms with van der Waals surface area (Å²) in [6.45, 7) is 0. The molecule has 0 heterocycles. The first-order chi connectivity index (χ1) is 6.33. The standard InChI is InChI=1S/C11H8N.Tl/c12-10-6-2-5-9-11-7-3-1-4-8-11;/h1-5,7-9H;/b6-2?,9-5+;. The van der Waals surface area contributed by atoms with Gasteiger partial charge in [-0.25, -0.2) is 0 Å². The molecule has 1 aromatic rings. The van der Waals surface area contributed by atoms with E-state index in [2.05, 4.69) is 6.07 Å². The molecule has 0 aliphatic heterocycles. The normalized spacial score (nSPS) is 11.4. The first-order valence-electron chi connectivity index (χ1n) is 3.92. The van der Waals surface area contributed by atoms with E-state index in [4.69, 9.17) is 5.26 Å². The van der Waals surface area contributed by atoms with Crippen LogP contribution in [0.1, 0.15) is 5.56 Å². The second-order valence-corrected chi connectivity index (χ2v) is 4.92. The molecule has 0 N–H and O–H groups in total. The number of rotatable bonds is 2. The maximum atomic E-state index is 8.52. The Morgan fingerprint density at radius 1 is 1.31 bits per heavy atom. The molecule has 1 aromatic carbocycles. The zero-order valence-electron chi connectivity index (χ0n) is 7.14. The van der Waals surface area contributed by atoms with Crippen molar-refractivity contribution >= 4 is 31.8 Å². The van der Waals surface area contributed by atoms with Crippen molar-refractivity contribution in [2.75, 3.05) is 0 Å². The molecule has 0 unspecified atom stereocenters. The molecule has 2 heteroatoms. The minimum absolute atomic E-state index is 0.621. The molecule has 0 aliphatic rings. The fourth-order valence-corrected chi connectivity index (χ4v) is 1.30. The summed E-state index contributed by atoms with van der Waals surface area (Å²) in [5.74, 6) is 0. The van der Waals surface area contributed by atoms with Gasteiger partial charge in [-0.05, 0) is 0 Å². The Balaban J connectivity index is 2.66. The summed E-state index contributed by atoms with van der Waals surface area (Å²) in [7, 11) is 0. The number of benzene rings is 1. The number of hydrogen-bond donors (Lipinski definition) is 0. The van der Waals surface area contributed by atoms with Crippen molar-refractivity contribution in [1.29, 1.82) is 5.26 Å². The first kappa shape index (κ1) is 10.2. The van der Waals surface area contributed by atoms with E-state index in [0.29, 0.717) is 25.8 Å². The zero-order chi connectivity index (χ0) is 9.52. The number of nitriles is 1. The van der Waals surface area contributed by atoms with Gasteiger partial charge in [0.2, 0.25) is 0 Å². The van der Waals surface area contributed by atoms with E-state index in [1.54, 1.807) is 0 Å². The SMILES string of the molecule is N#C/[C]([Tl])=C\C=C\c1ccccc1. The summed E-state index contributed by atoms with van der Waals surface area (Å²) >= 11 is 0.621. The third-order valence-corrected chi connectivity index (χ3v) is 2.74. The van der Waals surface area contributed by atoms with Crippen molar-refractivity contribution in [2.24, 2.45) is 0 Å². The third kappa shape index (κ3) is 4.04. The van der Waals surface area contributed by atoms with Gasteiger partial charge in [0.15, 0.2) is 0 Å². The first-order valence-corrected chi connectivity index (χ1v) is 6.16. The van der Waals surface area contributed by atoms with Gasteiger partial charge in [-0.2, -0.15) is 0 Å². The predicted octanol–water partition coefficient (Wildman–Crippen LogP) is 2.28. The van der Waals surface area contributed by atoms with Gasteiger partial charge >= 0.3 is 94.4 Å². The molecule has 1 rings (SSSR count). The number of allylic oxidation sites excluding steroid dienone is 3. The molecule has 0 saturated carbocycles. The van der Waals surface area contributed by atoms with Gasteiger partial charge in [-0.3, -0.25) is 0 Å². The molecule has 0 atom stereocenters. The van der Waals surface area contributed by atoms with Crippen LogP contribution >= 0.6 is 0 Å². The van der Waals surface area contributed by atoms with Gasteiger partial charge in [-0.1, -0.05) is 0 Å². The summed E-state index contributed by atoms with van der Waals surface area (Å²) in [5.41, 5.74) is 1.16. The summed E-state index contributed by atoms with van der Waals surface area (Å²) < 4.78 is 0.882. The fraction of sp³-hybridized carbons (Fsp3) is 0. The number of hydrogen-bond acceptors (Lipinski definition) is 1. The van der Waals surface area contributed by atoms with E-state index >= 15 is 0 Å². The fourth-order valence-electron chi connectivity index (χ4n) is 0.864. The third-order valence-electron chi connectivity index (χ3n) is 1.49. The Kier molecular flexibility index (Phi) is 4.47. The Hall–Kier alpha value is -0.888. The van der Waals surface area contributed by atoms with Crippen LogP contribution in [-0.2, 0) is 0 Å². The van der Waals surface area contributed by atoms with E-state index in [9.17, 15) is 0 Å². The summed E-state index contributed by atoms with van der Waals surface area (Å²) in [6.07, 6.45) is 5.80. The Morgan fingerprint density at radius 2 is 2.00 bits per heavy atom. The molecule has 0 saturated heterocycles. The van der Waals surface area contributed by atoms with Gasteiger partial charge in [0.25, 0.3) is 0 Å². The second-order valence-electron chi connectivity index (χ2n) is 2.50. The summed E-state index contributed by atoms with van der Waals surface area (Å²) in [6, 6.07) is 12.2. The van der Waals surface area contributed by atoms with Crippen molar-refractivity contribution in [2.45, 2.75) is 0 Å². The van der Waals surface area contributed by atoms with Gasteiger partial charge < -0.3 is 0 Å². The van der Waals surface area contributed by atoms with Crippen LogP contribution in [0.4, 0.5) is 0 Å². The molecule has 0 bridgehead atoms. The molecule has 0 aromatic heterocycles. The molecule has 0 spiro atoms. The Labute approximate surface area is 94.1 Å². The zero-order valence-corrected chi connectivity index (χ0v) is 11.6. The Bertz CT molecular complexity index is 357. The van der Waals surface area contributed by atoms with Crippen LogP contribution < -0.4 is 0 Å². The molecule has 0 fully saturated rings. The van der Waals surface area contributed by atoms with Crippen molar-refractivity contribution in [1.82, 2.24) is 0 Å². The van der Waals surface area contributed by atoms with E-state index in [1.807, 2.05) is 48.6 Å². The summed E-state index contributed by atoms with van der Waals surface area (Å²) in [4.78, 5) is 0. The molecular weight excluding hydrogens is 351 g/mol. The van der Waals surface area contributed by atoms with E-state index in [-0.39, 0.29) is 0 Å². The van der Waals surface area contributed by atoms with Crippen LogP contribution in [0.2, 0.25) is 0 Å². The minimum atomic E-state index is 0.621. The average molecular weight is 359 g/mol. The van der Waals surface area contributed by atoms with Gasteiger partial charge in [0, 0.05) is 0 Å². The van der Waals surface area contributed by atoms with Gasteiger partial charge in [0.05, 0.1) is 0 Å². The quantitative estimate of drug-likeness (QED) is 0.452. The molecular formula is C11H8NTl.